The van der Waals surface area contributed by atoms with Gasteiger partial charge in [-0.3, -0.25) is 0 Å². The lowest BCUT2D eigenvalue weighted by Crippen LogP contribution is -2.20. The van der Waals surface area contributed by atoms with Crippen LogP contribution in [0, 0.1) is 0 Å². The van der Waals surface area contributed by atoms with E-state index in [1.807, 2.05) is 19.0 Å². The molecule has 0 saturated carbocycles. The largest absolute Gasteiger partial charge is 0.478 e. The molecule has 298 valence electrons. The maximum Gasteiger partial charge on any atom is 0.333 e. The highest BCUT2D eigenvalue weighted by atomic mass is 16.6. The summed E-state index contributed by atoms with van der Waals surface area (Å²) in [6, 6.07) is 0. The number of rotatable bonds is 16. The van der Waals surface area contributed by atoms with Crippen LogP contribution >= 0.6 is 0 Å². The molecule has 0 spiro atoms. The molecule has 1 atom stereocenters. The van der Waals surface area contributed by atoms with E-state index in [4.69, 9.17) is 34.6 Å². The number of aliphatic hydroxyl groups excluding tert-OH is 2. The van der Waals surface area contributed by atoms with Crippen molar-refractivity contribution in [3.8, 4) is 0 Å². The van der Waals surface area contributed by atoms with Crippen molar-refractivity contribution in [2.45, 2.75) is 54.1 Å². The number of hydrogen-bond acceptors (Lipinski definition) is 14. The highest BCUT2D eigenvalue weighted by Gasteiger charge is 2.24. The van der Waals surface area contributed by atoms with Gasteiger partial charge in [-0.25, -0.2) is 28.8 Å². The predicted molar refractivity (Wildman–Crippen MR) is 195 cm³/mol. The summed E-state index contributed by atoms with van der Waals surface area (Å²) in [5.74, 6) is -3.37. The summed E-state index contributed by atoms with van der Waals surface area (Å²) in [6.07, 6.45) is 0.627. The van der Waals surface area contributed by atoms with Crippen LogP contribution in [0.25, 0.3) is 0 Å². The first-order valence-electron chi connectivity index (χ1n) is 15.4. The molecule has 1 unspecified atom stereocenters. The number of ether oxygens (including phenoxy) is 5. The van der Waals surface area contributed by atoms with E-state index in [0.29, 0.717) is 48.5 Å². The molecule has 0 bridgehead atoms. The zero-order valence-electron chi connectivity index (χ0n) is 31.9. The van der Waals surface area contributed by atoms with Crippen LogP contribution in [-0.4, -0.2) is 134 Å². The quantitative estimate of drug-likeness (QED) is 0.0584. The van der Waals surface area contributed by atoms with E-state index in [1.54, 1.807) is 27.7 Å². The molecule has 52 heavy (non-hydrogen) atoms. The lowest BCUT2D eigenvalue weighted by molar-refractivity contribution is -0.140. The van der Waals surface area contributed by atoms with Crippen LogP contribution < -0.4 is 0 Å². The first-order valence-corrected chi connectivity index (χ1v) is 15.4. The molecule has 0 aromatic rings. The number of esters is 4. The molecular formula is C36H59NO15. The van der Waals surface area contributed by atoms with Crippen molar-refractivity contribution < 1.29 is 72.9 Å². The lowest BCUT2D eigenvalue weighted by atomic mass is 10.4. The molecule has 0 aromatic heterocycles. The van der Waals surface area contributed by atoms with Gasteiger partial charge in [0.05, 0.1) is 19.8 Å². The molecule has 1 aliphatic rings. The molecule has 0 aromatic carbocycles. The molecule has 16 heteroatoms. The van der Waals surface area contributed by atoms with Gasteiger partial charge < -0.3 is 49.0 Å². The number of carboxylic acid groups (broad SMARTS) is 2. The van der Waals surface area contributed by atoms with Gasteiger partial charge in [-0.2, -0.15) is 0 Å². The summed E-state index contributed by atoms with van der Waals surface area (Å²) in [6.45, 7) is 31.7. The van der Waals surface area contributed by atoms with Crippen molar-refractivity contribution in [2.75, 3.05) is 66.9 Å². The third kappa shape index (κ3) is 49.5. The van der Waals surface area contributed by atoms with Crippen molar-refractivity contribution in [2.24, 2.45) is 0 Å². The number of carbonyl (C=O) groups is 6. The average molecular weight is 746 g/mol. The molecule has 0 amide bonds. The van der Waals surface area contributed by atoms with E-state index in [2.05, 4.69) is 48.9 Å². The monoisotopic (exact) mass is 745 g/mol. The van der Waals surface area contributed by atoms with Crippen LogP contribution in [-0.2, 0) is 52.5 Å². The van der Waals surface area contributed by atoms with E-state index in [-0.39, 0.29) is 55.6 Å². The van der Waals surface area contributed by atoms with Crippen LogP contribution in [0.15, 0.2) is 72.9 Å². The summed E-state index contributed by atoms with van der Waals surface area (Å²) >= 11 is 0. The van der Waals surface area contributed by atoms with Gasteiger partial charge in [-0.05, 0) is 55.6 Å². The SMILES string of the molecule is C=C(C)C(=O)O.C=C(C)C(=O)O.C=C(C)C(=O)OCC1CO1.C=C(C)C(=O)OCCCO.C=C(C)C(=O)OCCN(C)C.C=C(C)C(=O)OCCO. The number of nitrogens with zero attached hydrogens (tertiary/aromatic N) is 1. The van der Waals surface area contributed by atoms with Crippen LogP contribution in [0.5, 0.6) is 0 Å². The number of epoxide rings is 1. The van der Waals surface area contributed by atoms with Crippen LogP contribution in [0.1, 0.15) is 48.0 Å². The Morgan fingerprint density at radius 3 is 1.13 bits per heavy atom. The van der Waals surface area contributed by atoms with Crippen molar-refractivity contribution in [1.29, 1.82) is 0 Å². The molecule has 1 fully saturated rings. The standard InChI is InChI=1S/C8H15NO2.C7H10O3.C7H12O3.C6H10O3.2C4H6O2/c1-7(2)8(10)11-6-5-9(3)4;1-5(2)7(8)10-4-6-3-9-6;1-6(2)7(9)10-5-3-4-8;1-5(2)6(8)9-4-3-7;2*1-3(2)4(5)6/h1,5-6H2,2-4H3;6H,1,3-4H2,2H3;8H,1,3-5H2,2H3;7H,1,3-4H2,2H3;2*1H2,2H3,(H,5,6). The minimum Gasteiger partial charge on any atom is -0.478 e. The van der Waals surface area contributed by atoms with Crippen LogP contribution in [0.4, 0.5) is 0 Å². The minimum absolute atomic E-state index is 0.0451. The average Bonchev–Trinajstić information content (AvgIpc) is 3.88. The Morgan fingerprint density at radius 2 is 0.885 bits per heavy atom. The zero-order valence-corrected chi connectivity index (χ0v) is 31.9. The van der Waals surface area contributed by atoms with Crippen molar-refractivity contribution in [3.05, 3.63) is 72.9 Å². The molecule has 4 N–H and O–H groups in total. The van der Waals surface area contributed by atoms with Crippen molar-refractivity contribution in [3.63, 3.8) is 0 Å². The summed E-state index contributed by atoms with van der Waals surface area (Å²) in [7, 11) is 3.85. The number of carboxylic acids is 2. The molecule has 0 aliphatic carbocycles. The van der Waals surface area contributed by atoms with Gasteiger partial charge in [-0.15, -0.1) is 0 Å². The van der Waals surface area contributed by atoms with Gasteiger partial charge in [0.1, 0.15) is 25.9 Å². The number of aliphatic carboxylic acids is 2. The van der Waals surface area contributed by atoms with Gasteiger partial charge in [0.15, 0.2) is 0 Å². The van der Waals surface area contributed by atoms with Gasteiger partial charge in [0.2, 0.25) is 0 Å². The topological polar surface area (TPSA) is 236 Å². The molecule has 1 saturated heterocycles. The molecule has 1 aliphatic heterocycles. The Bertz CT molecular complexity index is 1150. The van der Waals surface area contributed by atoms with E-state index in [0.717, 1.165) is 6.54 Å². The summed E-state index contributed by atoms with van der Waals surface area (Å²) in [5.41, 5.74) is 1.97. The van der Waals surface area contributed by atoms with Crippen molar-refractivity contribution in [1.82, 2.24) is 4.90 Å². The predicted octanol–water partition coefficient (Wildman–Crippen LogP) is 3.05. The lowest BCUT2D eigenvalue weighted by Gasteiger charge is -2.09. The molecule has 16 nitrogen and oxygen atoms in total. The Morgan fingerprint density at radius 1 is 0.577 bits per heavy atom. The maximum atomic E-state index is 10.8. The number of aliphatic hydroxyl groups is 2. The Kier molecular flexibility index (Phi) is 39.0. The number of hydrogen-bond donors (Lipinski definition) is 4. The molecule has 1 heterocycles. The smallest absolute Gasteiger partial charge is 0.333 e. The van der Waals surface area contributed by atoms with E-state index in [1.165, 1.54) is 13.8 Å². The highest BCUT2D eigenvalue weighted by molar-refractivity contribution is 5.88. The highest BCUT2D eigenvalue weighted by Crippen LogP contribution is 2.09. The van der Waals surface area contributed by atoms with Crippen molar-refractivity contribution >= 4 is 35.8 Å². The van der Waals surface area contributed by atoms with E-state index >= 15 is 0 Å². The van der Waals surface area contributed by atoms with Crippen LogP contribution in [0.3, 0.4) is 0 Å². The van der Waals surface area contributed by atoms with Gasteiger partial charge >= 0.3 is 35.8 Å². The van der Waals surface area contributed by atoms with E-state index in [9.17, 15) is 28.8 Å². The number of likely N-dealkylation sites (N-methyl/N-ethyl adjacent to an activating group) is 1. The third-order valence-electron chi connectivity index (χ3n) is 4.56. The van der Waals surface area contributed by atoms with Gasteiger partial charge in [0, 0.05) is 53.0 Å². The fourth-order valence-corrected chi connectivity index (χ4v) is 1.51. The normalized spacial score (nSPS) is 11.2. The van der Waals surface area contributed by atoms with Gasteiger partial charge in [-0.1, -0.05) is 39.5 Å². The molecule has 1 rings (SSSR count). The summed E-state index contributed by atoms with van der Waals surface area (Å²) in [5, 5.41) is 32.3. The Hall–Kier alpha value is -4.90. The van der Waals surface area contributed by atoms with E-state index < -0.39 is 23.9 Å². The second-order valence-electron chi connectivity index (χ2n) is 10.9. The van der Waals surface area contributed by atoms with Gasteiger partial charge in [0.25, 0.3) is 0 Å². The fraction of sp³-hybridized carbons (Fsp3) is 0.500. The Labute approximate surface area is 307 Å². The fourth-order valence-electron chi connectivity index (χ4n) is 1.51. The summed E-state index contributed by atoms with van der Waals surface area (Å²) < 4.78 is 23.5. The first-order chi connectivity index (χ1) is 23.9. The first kappa shape index (κ1) is 56.5. The summed E-state index contributed by atoms with van der Waals surface area (Å²) in [4.78, 5) is 63.7. The zero-order chi connectivity index (χ0) is 42.0. The molecule has 0 radical (unpaired) electrons. The second kappa shape index (κ2) is 35.9. The second-order valence-corrected chi connectivity index (χ2v) is 10.9. The van der Waals surface area contributed by atoms with Crippen LogP contribution in [0.2, 0.25) is 0 Å². The Balaban J connectivity index is -0.000000172. The maximum absolute atomic E-state index is 10.8. The minimum atomic E-state index is -0.935. The third-order valence-corrected chi connectivity index (χ3v) is 4.56. The molecular weight excluding hydrogens is 686 g/mol. The number of carbonyl (C=O) groups excluding carboxylic acids is 4.